The number of hydrogen-bond donors (Lipinski definition) is 2. The molecule has 0 spiro atoms. The number of nitrogens with one attached hydrogen (secondary N) is 1. The van der Waals surface area contributed by atoms with Crippen LogP contribution in [0, 0.1) is 5.92 Å². The summed E-state index contributed by atoms with van der Waals surface area (Å²) in [5.41, 5.74) is 2.51. The van der Waals surface area contributed by atoms with Gasteiger partial charge in [0.1, 0.15) is 11.6 Å². The highest BCUT2D eigenvalue weighted by Gasteiger charge is 2.13. The lowest BCUT2D eigenvalue weighted by Gasteiger charge is -2.21. The SMILES string of the molecule is NNc1cc(OCC2CCCCC2)ccn1. The van der Waals surface area contributed by atoms with Crippen molar-refractivity contribution in [3.8, 4) is 5.75 Å². The summed E-state index contributed by atoms with van der Waals surface area (Å²) >= 11 is 0. The zero-order valence-corrected chi connectivity index (χ0v) is 9.48. The van der Waals surface area contributed by atoms with Crippen LogP contribution < -0.4 is 16.0 Å². The van der Waals surface area contributed by atoms with Gasteiger partial charge in [0.05, 0.1) is 6.61 Å². The van der Waals surface area contributed by atoms with E-state index in [1.165, 1.54) is 32.1 Å². The predicted octanol–water partition coefficient (Wildman–Crippen LogP) is 2.33. The molecule has 2 rings (SSSR count). The third kappa shape index (κ3) is 3.10. The van der Waals surface area contributed by atoms with Crippen LogP contribution in [0.5, 0.6) is 5.75 Å². The Balaban J connectivity index is 1.83. The van der Waals surface area contributed by atoms with Crippen molar-refractivity contribution in [2.75, 3.05) is 12.0 Å². The predicted molar refractivity (Wildman–Crippen MR) is 64.1 cm³/mol. The normalized spacial score (nSPS) is 17.1. The summed E-state index contributed by atoms with van der Waals surface area (Å²) < 4.78 is 5.75. The Morgan fingerprint density at radius 3 is 2.94 bits per heavy atom. The molecule has 88 valence electrons. The van der Waals surface area contributed by atoms with Gasteiger partial charge in [0, 0.05) is 12.3 Å². The molecule has 0 saturated heterocycles. The Hall–Kier alpha value is -1.29. The van der Waals surface area contributed by atoms with Crippen LogP contribution in [-0.4, -0.2) is 11.6 Å². The lowest BCUT2D eigenvalue weighted by atomic mass is 9.90. The number of hydrogen-bond acceptors (Lipinski definition) is 4. The number of anilines is 1. The molecule has 0 radical (unpaired) electrons. The molecule has 1 aliphatic carbocycles. The van der Waals surface area contributed by atoms with E-state index in [0.29, 0.717) is 5.82 Å². The fraction of sp³-hybridized carbons (Fsp3) is 0.583. The first kappa shape index (κ1) is 11.2. The third-order valence-corrected chi connectivity index (χ3v) is 3.09. The number of ether oxygens (including phenoxy) is 1. The second kappa shape index (κ2) is 5.70. The average Bonchev–Trinajstić information content (AvgIpc) is 2.38. The number of hydrazine groups is 1. The molecule has 0 atom stereocenters. The molecule has 0 aliphatic heterocycles. The Bertz CT molecular complexity index is 324. The average molecular weight is 221 g/mol. The van der Waals surface area contributed by atoms with E-state index in [2.05, 4.69) is 10.4 Å². The van der Waals surface area contributed by atoms with Crippen molar-refractivity contribution in [2.24, 2.45) is 11.8 Å². The van der Waals surface area contributed by atoms with Gasteiger partial charge in [-0.2, -0.15) is 0 Å². The van der Waals surface area contributed by atoms with Gasteiger partial charge in [-0.15, -0.1) is 0 Å². The summed E-state index contributed by atoms with van der Waals surface area (Å²) in [7, 11) is 0. The molecule has 0 bridgehead atoms. The van der Waals surface area contributed by atoms with Crippen molar-refractivity contribution in [1.82, 2.24) is 4.98 Å². The molecule has 1 heterocycles. The van der Waals surface area contributed by atoms with E-state index in [9.17, 15) is 0 Å². The molecule has 1 aromatic rings. The van der Waals surface area contributed by atoms with E-state index in [1.54, 1.807) is 6.20 Å². The molecule has 4 heteroatoms. The highest BCUT2D eigenvalue weighted by Crippen LogP contribution is 2.24. The van der Waals surface area contributed by atoms with Crippen molar-refractivity contribution in [2.45, 2.75) is 32.1 Å². The van der Waals surface area contributed by atoms with Gasteiger partial charge in [0.25, 0.3) is 0 Å². The van der Waals surface area contributed by atoms with Crippen LogP contribution in [0.3, 0.4) is 0 Å². The van der Waals surface area contributed by atoms with Gasteiger partial charge in [0.2, 0.25) is 0 Å². The highest BCUT2D eigenvalue weighted by molar-refractivity contribution is 5.39. The van der Waals surface area contributed by atoms with Gasteiger partial charge < -0.3 is 10.2 Å². The van der Waals surface area contributed by atoms with Crippen LogP contribution in [0.15, 0.2) is 18.3 Å². The molecule has 16 heavy (non-hydrogen) atoms. The van der Waals surface area contributed by atoms with E-state index >= 15 is 0 Å². The minimum Gasteiger partial charge on any atom is -0.493 e. The van der Waals surface area contributed by atoms with Crippen molar-refractivity contribution in [1.29, 1.82) is 0 Å². The second-order valence-electron chi connectivity index (χ2n) is 4.34. The number of rotatable bonds is 4. The van der Waals surface area contributed by atoms with E-state index in [0.717, 1.165) is 18.3 Å². The quantitative estimate of drug-likeness (QED) is 0.605. The fourth-order valence-electron chi connectivity index (χ4n) is 2.15. The third-order valence-electron chi connectivity index (χ3n) is 3.09. The van der Waals surface area contributed by atoms with Gasteiger partial charge in [-0.05, 0) is 24.8 Å². The largest absolute Gasteiger partial charge is 0.493 e. The first-order chi connectivity index (χ1) is 7.88. The van der Waals surface area contributed by atoms with Gasteiger partial charge >= 0.3 is 0 Å². The highest BCUT2D eigenvalue weighted by atomic mass is 16.5. The molecule has 1 saturated carbocycles. The summed E-state index contributed by atoms with van der Waals surface area (Å²) in [6, 6.07) is 3.69. The van der Waals surface area contributed by atoms with Crippen LogP contribution in [0.4, 0.5) is 5.82 Å². The molecule has 4 nitrogen and oxygen atoms in total. The molecule has 1 aliphatic rings. The van der Waals surface area contributed by atoms with E-state index in [1.807, 2.05) is 12.1 Å². The first-order valence-corrected chi connectivity index (χ1v) is 5.94. The standard InChI is InChI=1S/C12H19N3O/c13-15-12-8-11(6-7-14-12)16-9-10-4-2-1-3-5-10/h6-8,10H,1-5,9,13H2,(H,14,15). The molecular formula is C12H19N3O. The molecule has 3 N–H and O–H groups in total. The molecule has 0 amide bonds. The maximum absolute atomic E-state index is 5.75. The number of nitrogen functional groups attached to an aromatic ring is 1. The number of aromatic nitrogens is 1. The van der Waals surface area contributed by atoms with E-state index < -0.39 is 0 Å². The smallest absolute Gasteiger partial charge is 0.143 e. The van der Waals surface area contributed by atoms with Crippen LogP contribution in [0.2, 0.25) is 0 Å². The minimum atomic E-state index is 0.640. The van der Waals surface area contributed by atoms with Crippen LogP contribution >= 0.6 is 0 Å². The summed E-state index contributed by atoms with van der Waals surface area (Å²) in [4.78, 5) is 4.04. The number of nitrogens with zero attached hydrogens (tertiary/aromatic N) is 1. The van der Waals surface area contributed by atoms with E-state index in [4.69, 9.17) is 10.6 Å². The molecule has 1 fully saturated rings. The fourth-order valence-corrected chi connectivity index (χ4v) is 2.15. The first-order valence-electron chi connectivity index (χ1n) is 5.94. The Morgan fingerprint density at radius 1 is 1.38 bits per heavy atom. The summed E-state index contributed by atoms with van der Waals surface area (Å²) in [6.07, 6.45) is 8.37. The van der Waals surface area contributed by atoms with Crippen LogP contribution in [0.25, 0.3) is 0 Å². The van der Waals surface area contributed by atoms with Gasteiger partial charge in [-0.3, -0.25) is 0 Å². The monoisotopic (exact) mass is 221 g/mol. The zero-order valence-electron chi connectivity index (χ0n) is 9.48. The number of nitrogens with two attached hydrogens (primary N) is 1. The van der Waals surface area contributed by atoms with Gasteiger partial charge in [0.15, 0.2) is 0 Å². The lowest BCUT2D eigenvalue weighted by molar-refractivity contribution is 0.209. The second-order valence-corrected chi connectivity index (χ2v) is 4.34. The van der Waals surface area contributed by atoms with Crippen molar-refractivity contribution in [3.05, 3.63) is 18.3 Å². The summed E-state index contributed by atoms with van der Waals surface area (Å²) in [5.74, 6) is 7.49. The lowest BCUT2D eigenvalue weighted by Crippen LogP contribution is -2.15. The zero-order chi connectivity index (χ0) is 11.2. The van der Waals surface area contributed by atoms with Crippen LogP contribution in [0.1, 0.15) is 32.1 Å². The van der Waals surface area contributed by atoms with Gasteiger partial charge in [-0.1, -0.05) is 19.3 Å². The van der Waals surface area contributed by atoms with Gasteiger partial charge in [-0.25, -0.2) is 10.8 Å². The summed E-state index contributed by atoms with van der Waals surface area (Å²) in [6.45, 7) is 0.814. The molecule has 1 aromatic heterocycles. The van der Waals surface area contributed by atoms with Crippen molar-refractivity contribution < 1.29 is 4.74 Å². The molecular weight excluding hydrogens is 202 g/mol. The van der Waals surface area contributed by atoms with Crippen LogP contribution in [-0.2, 0) is 0 Å². The Morgan fingerprint density at radius 2 is 2.19 bits per heavy atom. The van der Waals surface area contributed by atoms with E-state index in [-0.39, 0.29) is 0 Å². The summed E-state index contributed by atoms with van der Waals surface area (Å²) in [5, 5.41) is 0. The van der Waals surface area contributed by atoms with Crippen molar-refractivity contribution in [3.63, 3.8) is 0 Å². The maximum Gasteiger partial charge on any atom is 0.143 e. The topological polar surface area (TPSA) is 60.2 Å². The minimum absolute atomic E-state index is 0.640. The Labute approximate surface area is 96.2 Å². The Kier molecular flexibility index (Phi) is 3.99. The number of pyridine rings is 1. The molecule has 0 aromatic carbocycles. The maximum atomic E-state index is 5.75. The van der Waals surface area contributed by atoms with Crippen molar-refractivity contribution >= 4 is 5.82 Å². The molecule has 0 unspecified atom stereocenters.